The van der Waals surface area contributed by atoms with Gasteiger partial charge in [0, 0.05) is 0 Å². The summed E-state index contributed by atoms with van der Waals surface area (Å²) < 4.78 is 0. The van der Waals surface area contributed by atoms with E-state index in [9.17, 15) is 0 Å². The van der Waals surface area contributed by atoms with E-state index in [4.69, 9.17) is 5.73 Å². The van der Waals surface area contributed by atoms with Gasteiger partial charge in [0.15, 0.2) is 0 Å². The third kappa shape index (κ3) is 0.674. The maximum Gasteiger partial charge on any atom is -0.00399 e. The molecule has 12 heavy (non-hydrogen) atoms. The SMILES string of the molecule is NC[C@@H]1[C@@H]2Cc3ccccc3[C@@H]12. The molecular weight excluding hydrogens is 146 g/mol. The predicted octanol–water partition coefficient (Wildman–Crippen LogP) is 1.53. The minimum atomic E-state index is 0.805. The van der Waals surface area contributed by atoms with Crippen molar-refractivity contribution >= 4 is 0 Å². The molecule has 1 heteroatoms. The minimum absolute atomic E-state index is 0.805. The molecule has 0 saturated heterocycles. The van der Waals surface area contributed by atoms with Crippen LogP contribution in [0.15, 0.2) is 24.3 Å². The van der Waals surface area contributed by atoms with Crippen LogP contribution in [0.2, 0.25) is 0 Å². The van der Waals surface area contributed by atoms with E-state index in [0.717, 1.165) is 24.3 Å². The lowest BCUT2D eigenvalue weighted by Crippen LogP contribution is -2.06. The van der Waals surface area contributed by atoms with Crippen molar-refractivity contribution in [2.24, 2.45) is 17.6 Å². The van der Waals surface area contributed by atoms with Gasteiger partial charge in [-0.1, -0.05) is 24.3 Å². The normalized spacial score (nSPS) is 35.9. The lowest BCUT2D eigenvalue weighted by molar-refractivity contribution is 0.701. The van der Waals surface area contributed by atoms with E-state index in [1.54, 1.807) is 11.1 Å². The van der Waals surface area contributed by atoms with Gasteiger partial charge in [-0.15, -0.1) is 0 Å². The maximum absolute atomic E-state index is 5.68. The average Bonchev–Trinajstić information content (AvgIpc) is 2.68. The second-order valence-electron chi connectivity index (χ2n) is 3.99. The Hall–Kier alpha value is -0.820. The van der Waals surface area contributed by atoms with E-state index in [-0.39, 0.29) is 0 Å². The molecule has 0 amide bonds. The van der Waals surface area contributed by atoms with Crippen LogP contribution >= 0.6 is 0 Å². The Morgan fingerprint density at radius 2 is 2.17 bits per heavy atom. The van der Waals surface area contributed by atoms with Crippen molar-refractivity contribution in [3.05, 3.63) is 35.4 Å². The van der Waals surface area contributed by atoms with Crippen LogP contribution in [-0.4, -0.2) is 6.54 Å². The summed E-state index contributed by atoms with van der Waals surface area (Å²) in [5.74, 6) is 2.53. The summed E-state index contributed by atoms with van der Waals surface area (Å²) in [7, 11) is 0. The van der Waals surface area contributed by atoms with Crippen LogP contribution in [0.5, 0.6) is 0 Å². The first-order valence-corrected chi connectivity index (χ1v) is 4.69. The molecule has 0 bridgehead atoms. The molecule has 0 unspecified atom stereocenters. The van der Waals surface area contributed by atoms with Crippen molar-refractivity contribution in [1.29, 1.82) is 0 Å². The smallest absolute Gasteiger partial charge is 0.00399 e. The molecule has 1 saturated carbocycles. The second-order valence-corrected chi connectivity index (χ2v) is 3.99. The van der Waals surface area contributed by atoms with Gasteiger partial charge in [-0.05, 0) is 41.8 Å². The van der Waals surface area contributed by atoms with Gasteiger partial charge in [0.2, 0.25) is 0 Å². The Kier molecular flexibility index (Phi) is 1.17. The van der Waals surface area contributed by atoms with Crippen molar-refractivity contribution in [2.75, 3.05) is 6.54 Å². The van der Waals surface area contributed by atoms with Gasteiger partial charge in [0.1, 0.15) is 0 Å². The van der Waals surface area contributed by atoms with Crippen LogP contribution in [0.25, 0.3) is 0 Å². The van der Waals surface area contributed by atoms with Crippen LogP contribution in [0.3, 0.4) is 0 Å². The molecule has 0 aliphatic heterocycles. The zero-order chi connectivity index (χ0) is 8.13. The molecule has 3 rings (SSSR count). The number of fused-ring (bicyclic) bond motifs is 3. The summed E-state index contributed by atoms with van der Waals surface area (Å²) in [6.07, 6.45) is 1.28. The fraction of sp³-hybridized carbons (Fsp3) is 0.455. The van der Waals surface area contributed by atoms with Gasteiger partial charge in [0.05, 0.1) is 0 Å². The highest BCUT2D eigenvalue weighted by molar-refractivity contribution is 5.43. The predicted molar refractivity (Wildman–Crippen MR) is 48.9 cm³/mol. The van der Waals surface area contributed by atoms with Gasteiger partial charge in [-0.2, -0.15) is 0 Å². The van der Waals surface area contributed by atoms with Crippen LogP contribution in [0, 0.1) is 11.8 Å². The van der Waals surface area contributed by atoms with Crippen LogP contribution in [-0.2, 0) is 6.42 Å². The number of hydrogen-bond donors (Lipinski definition) is 1. The molecule has 0 radical (unpaired) electrons. The quantitative estimate of drug-likeness (QED) is 0.660. The lowest BCUT2D eigenvalue weighted by Gasteiger charge is -2.04. The van der Waals surface area contributed by atoms with Crippen molar-refractivity contribution in [3.63, 3.8) is 0 Å². The number of nitrogens with two attached hydrogens (primary N) is 1. The topological polar surface area (TPSA) is 26.0 Å². The molecule has 1 fully saturated rings. The first-order chi connectivity index (χ1) is 5.92. The molecule has 1 aromatic carbocycles. The number of benzene rings is 1. The number of hydrogen-bond acceptors (Lipinski definition) is 1. The maximum atomic E-state index is 5.68. The molecular formula is C11H13N. The van der Waals surface area contributed by atoms with E-state index in [1.165, 1.54) is 6.42 Å². The first-order valence-electron chi connectivity index (χ1n) is 4.69. The average molecular weight is 159 g/mol. The third-order valence-electron chi connectivity index (χ3n) is 3.47. The molecule has 2 N–H and O–H groups in total. The van der Waals surface area contributed by atoms with Gasteiger partial charge in [-0.3, -0.25) is 0 Å². The Morgan fingerprint density at radius 1 is 1.33 bits per heavy atom. The van der Waals surface area contributed by atoms with E-state index >= 15 is 0 Å². The van der Waals surface area contributed by atoms with Crippen molar-refractivity contribution in [1.82, 2.24) is 0 Å². The summed E-state index contributed by atoms with van der Waals surface area (Å²) in [6, 6.07) is 8.82. The highest BCUT2D eigenvalue weighted by Gasteiger charge is 2.54. The van der Waals surface area contributed by atoms with E-state index < -0.39 is 0 Å². The van der Waals surface area contributed by atoms with Gasteiger partial charge >= 0.3 is 0 Å². The zero-order valence-corrected chi connectivity index (χ0v) is 7.03. The molecule has 0 spiro atoms. The second kappa shape index (κ2) is 2.11. The van der Waals surface area contributed by atoms with Crippen LogP contribution in [0.4, 0.5) is 0 Å². The standard InChI is InChI=1S/C11H13N/c12-6-10-9-5-7-3-1-2-4-8(7)11(9)10/h1-4,9-11H,5-6,12H2/t9-,10+,11+/m0/s1. The Labute approximate surface area is 72.6 Å². The Morgan fingerprint density at radius 3 is 3.00 bits per heavy atom. The summed E-state index contributed by atoms with van der Waals surface area (Å²) in [5.41, 5.74) is 8.83. The Balaban J connectivity index is 2.00. The first kappa shape index (κ1) is 6.67. The largest absolute Gasteiger partial charge is 0.330 e. The van der Waals surface area contributed by atoms with E-state index in [2.05, 4.69) is 24.3 Å². The fourth-order valence-corrected chi connectivity index (χ4v) is 2.81. The van der Waals surface area contributed by atoms with E-state index in [0.29, 0.717) is 0 Å². The van der Waals surface area contributed by atoms with Gasteiger partial charge in [0.25, 0.3) is 0 Å². The van der Waals surface area contributed by atoms with Crippen LogP contribution in [0.1, 0.15) is 17.0 Å². The molecule has 0 heterocycles. The lowest BCUT2D eigenvalue weighted by atomic mass is 10.0. The van der Waals surface area contributed by atoms with Crippen molar-refractivity contribution in [3.8, 4) is 0 Å². The van der Waals surface area contributed by atoms with Gasteiger partial charge < -0.3 is 5.73 Å². The summed E-state index contributed by atoms with van der Waals surface area (Å²) in [6.45, 7) is 0.879. The molecule has 1 aromatic rings. The van der Waals surface area contributed by atoms with Crippen molar-refractivity contribution < 1.29 is 0 Å². The Bertz CT molecular complexity index is 319. The fourth-order valence-electron chi connectivity index (χ4n) is 2.81. The zero-order valence-electron chi connectivity index (χ0n) is 7.03. The molecule has 2 aliphatic rings. The molecule has 2 aliphatic carbocycles. The third-order valence-corrected chi connectivity index (χ3v) is 3.47. The minimum Gasteiger partial charge on any atom is -0.330 e. The number of rotatable bonds is 1. The highest BCUT2D eigenvalue weighted by Crippen LogP contribution is 2.60. The van der Waals surface area contributed by atoms with Gasteiger partial charge in [-0.25, -0.2) is 0 Å². The molecule has 0 aromatic heterocycles. The van der Waals surface area contributed by atoms with Crippen LogP contribution < -0.4 is 5.73 Å². The summed E-state index contributed by atoms with van der Waals surface area (Å²) in [5, 5.41) is 0. The monoisotopic (exact) mass is 159 g/mol. The highest BCUT2D eigenvalue weighted by atomic mass is 14.7. The summed E-state index contributed by atoms with van der Waals surface area (Å²) >= 11 is 0. The molecule has 62 valence electrons. The molecule has 3 atom stereocenters. The van der Waals surface area contributed by atoms with E-state index in [1.807, 2.05) is 0 Å². The van der Waals surface area contributed by atoms with Crippen molar-refractivity contribution in [2.45, 2.75) is 12.3 Å². The molecule has 1 nitrogen and oxygen atoms in total. The summed E-state index contributed by atoms with van der Waals surface area (Å²) in [4.78, 5) is 0.